The highest BCUT2D eigenvalue weighted by Gasteiger charge is 2.20. The van der Waals surface area contributed by atoms with Gasteiger partial charge in [0.2, 0.25) is 0 Å². The maximum Gasteiger partial charge on any atom is 0.407 e. The SMILES string of the molecule is C[C@@H]1CNCCC[C@H]1CNC(=O)OCc1ccccc1. The molecule has 0 spiro atoms. The van der Waals surface area contributed by atoms with Crippen LogP contribution in [0.5, 0.6) is 0 Å². The molecule has 110 valence electrons. The van der Waals surface area contributed by atoms with Gasteiger partial charge in [-0.05, 0) is 43.3 Å². The van der Waals surface area contributed by atoms with Crippen molar-refractivity contribution < 1.29 is 9.53 Å². The maximum atomic E-state index is 11.7. The Morgan fingerprint density at radius 1 is 1.40 bits per heavy atom. The molecule has 0 unspecified atom stereocenters. The van der Waals surface area contributed by atoms with Crippen molar-refractivity contribution in [3.63, 3.8) is 0 Å². The fourth-order valence-corrected chi connectivity index (χ4v) is 2.56. The monoisotopic (exact) mass is 276 g/mol. The fraction of sp³-hybridized carbons (Fsp3) is 0.562. The number of ether oxygens (including phenoxy) is 1. The van der Waals surface area contributed by atoms with Crippen molar-refractivity contribution in [2.45, 2.75) is 26.4 Å². The van der Waals surface area contributed by atoms with Gasteiger partial charge in [0.25, 0.3) is 0 Å². The number of benzene rings is 1. The third kappa shape index (κ3) is 4.85. The summed E-state index contributed by atoms with van der Waals surface area (Å²) in [5, 5.41) is 6.31. The van der Waals surface area contributed by atoms with Crippen molar-refractivity contribution in [2.75, 3.05) is 19.6 Å². The minimum absolute atomic E-state index is 0.321. The molecule has 2 N–H and O–H groups in total. The van der Waals surface area contributed by atoms with Gasteiger partial charge in [0.05, 0.1) is 0 Å². The van der Waals surface area contributed by atoms with Crippen LogP contribution < -0.4 is 10.6 Å². The molecule has 0 radical (unpaired) electrons. The number of hydrogen-bond donors (Lipinski definition) is 2. The molecule has 1 fully saturated rings. The van der Waals surface area contributed by atoms with Gasteiger partial charge in [0.1, 0.15) is 6.61 Å². The van der Waals surface area contributed by atoms with Crippen molar-refractivity contribution in [3.05, 3.63) is 35.9 Å². The summed E-state index contributed by atoms with van der Waals surface area (Å²) in [5.74, 6) is 1.13. The molecule has 20 heavy (non-hydrogen) atoms. The van der Waals surface area contributed by atoms with Gasteiger partial charge in [-0.3, -0.25) is 0 Å². The minimum Gasteiger partial charge on any atom is -0.445 e. The van der Waals surface area contributed by atoms with Gasteiger partial charge >= 0.3 is 6.09 Å². The third-order valence-electron chi connectivity index (χ3n) is 3.92. The first-order chi connectivity index (χ1) is 9.75. The van der Waals surface area contributed by atoms with Gasteiger partial charge in [-0.25, -0.2) is 4.79 Å². The standard InChI is InChI=1S/C16H24N2O2/c1-13-10-17-9-5-8-15(13)11-18-16(19)20-12-14-6-3-2-4-7-14/h2-4,6-7,13,15,17H,5,8-12H2,1H3,(H,18,19)/t13-,15+/m1/s1. The average Bonchev–Trinajstić information content (AvgIpc) is 2.68. The van der Waals surface area contributed by atoms with Crippen molar-refractivity contribution >= 4 is 6.09 Å². The Morgan fingerprint density at radius 3 is 3.00 bits per heavy atom. The lowest BCUT2D eigenvalue weighted by Crippen LogP contribution is -2.33. The average molecular weight is 276 g/mol. The second-order valence-corrected chi connectivity index (χ2v) is 5.53. The second-order valence-electron chi connectivity index (χ2n) is 5.53. The zero-order valence-corrected chi connectivity index (χ0v) is 12.1. The number of amides is 1. The van der Waals surface area contributed by atoms with E-state index in [2.05, 4.69) is 17.6 Å². The largest absolute Gasteiger partial charge is 0.445 e. The molecule has 4 heteroatoms. The molecule has 1 saturated heterocycles. The number of carbonyl (C=O) groups excluding carboxylic acids is 1. The summed E-state index contributed by atoms with van der Waals surface area (Å²) in [4.78, 5) is 11.7. The zero-order chi connectivity index (χ0) is 14.2. The second kappa shape index (κ2) is 7.90. The van der Waals surface area contributed by atoms with Crippen molar-refractivity contribution in [1.82, 2.24) is 10.6 Å². The molecule has 4 nitrogen and oxygen atoms in total. The number of rotatable bonds is 4. The van der Waals surface area contributed by atoms with Gasteiger partial charge < -0.3 is 15.4 Å². The Morgan fingerprint density at radius 2 is 2.20 bits per heavy atom. The summed E-state index contributed by atoms with van der Waals surface area (Å²) < 4.78 is 5.22. The zero-order valence-electron chi connectivity index (χ0n) is 12.1. The molecule has 2 rings (SSSR count). The lowest BCUT2D eigenvalue weighted by Gasteiger charge is -2.21. The minimum atomic E-state index is -0.321. The summed E-state index contributed by atoms with van der Waals surface area (Å²) in [6.45, 7) is 5.38. The Kier molecular flexibility index (Phi) is 5.87. The summed E-state index contributed by atoms with van der Waals surface area (Å²) >= 11 is 0. The highest BCUT2D eigenvalue weighted by molar-refractivity contribution is 5.67. The van der Waals surface area contributed by atoms with E-state index < -0.39 is 0 Å². The normalized spacial score (nSPS) is 22.9. The number of alkyl carbamates (subject to hydrolysis) is 1. The maximum absolute atomic E-state index is 11.7. The molecule has 1 heterocycles. The van der Waals surface area contributed by atoms with Gasteiger partial charge in [-0.15, -0.1) is 0 Å². The van der Waals surface area contributed by atoms with Gasteiger partial charge in [-0.1, -0.05) is 37.3 Å². The Labute approximate surface area is 120 Å². The van der Waals surface area contributed by atoms with Crippen LogP contribution in [-0.2, 0) is 11.3 Å². The van der Waals surface area contributed by atoms with Crippen LogP contribution in [0.1, 0.15) is 25.3 Å². The van der Waals surface area contributed by atoms with Crippen LogP contribution in [0.4, 0.5) is 4.79 Å². The Hall–Kier alpha value is -1.55. The predicted octanol–water partition coefficient (Wildman–Crippen LogP) is 2.55. The smallest absolute Gasteiger partial charge is 0.407 e. The number of carbonyl (C=O) groups is 1. The van der Waals surface area contributed by atoms with Gasteiger partial charge in [0, 0.05) is 6.54 Å². The molecular formula is C16H24N2O2. The topological polar surface area (TPSA) is 50.4 Å². The first kappa shape index (κ1) is 14.9. The van der Waals surface area contributed by atoms with E-state index in [0.29, 0.717) is 25.0 Å². The molecule has 1 aromatic carbocycles. The van der Waals surface area contributed by atoms with Crippen LogP contribution in [0.2, 0.25) is 0 Å². The highest BCUT2D eigenvalue weighted by Crippen LogP contribution is 2.18. The lowest BCUT2D eigenvalue weighted by atomic mass is 9.91. The molecule has 1 amide bonds. The molecule has 0 saturated carbocycles. The molecule has 1 aliphatic heterocycles. The highest BCUT2D eigenvalue weighted by atomic mass is 16.5. The van der Waals surface area contributed by atoms with E-state index in [1.54, 1.807) is 0 Å². The summed E-state index contributed by atoms with van der Waals surface area (Å²) in [6.07, 6.45) is 2.02. The quantitative estimate of drug-likeness (QED) is 0.888. The van der Waals surface area contributed by atoms with Crippen LogP contribution >= 0.6 is 0 Å². The summed E-state index contributed by atoms with van der Waals surface area (Å²) in [5.41, 5.74) is 1.01. The molecule has 2 atom stereocenters. The molecule has 0 bridgehead atoms. The van der Waals surface area contributed by atoms with Crippen molar-refractivity contribution in [1.29, 1.82) is 0 Å². The van der Waals surface area contributed by atoms with Crippen LogP contribution in [0.15, 0.2) is 30.3 Å². The Bertz CT molecular complexity index is 408. The summed E-state index contributed by atoms with van der Waals surface area (Å²) in [7, 11) is 0. The molecule has 1 aromatic rings. The van der Waals surface area contributed by atoms with E-state index in [-0.39, 0.29) is 6.09 Å². The van der Waals surface area contributed by atoms with E-state index >= 15 is 0 Å². The van der Waals surface area contributed by atoms with Crippen LogP contribution in [-0.4, -0.2) is 25.7 Å². The predicted molar refractivity (Wildman–Crippen MR) is 79.4 cm³/mol. The fourth-order valence-electron chi connectivity index (χ4n) is 2.56. The van der Waals surface area contributed by atoms with Crippen molar-refractivity contribution in [2.24, 2.45) is 11.8 Å². The van der Waals surface area contributed by atoms with Crippen LogP contribution in [0, 0.1) is 11.8 Å². The number of hydrogen-bond acceptors (Lipinski definition) is 3. The molecule has 1 aliphatic rings. The first-order valence-electron chi connectivity index (χ1n) is 7.41. The van der Waals surface area contributed by atoms with E-state index in [4.69, 9.17) is 4.74 Å². The summed E-state index contributed by atoms with van der Waals surface area (Å²) in [6, 6.07) is 9.73. The van der Waals surface area contributed by atoms with Gasteiger partial charge in [-0.2, -0.15) is 0 Å². The molecule has 0 aliphatic carbocycles. The van der Waals surface area contributed by atoms with E-state index in [9.17, 15) is 4.79 Å². The lowest BCUT2D eigenvalue weighted by molar-refractivity contribution is 0.136. The number of nitrogens with one attached hydrogen (secondary N) is 2. The van der Waals surface area contributed by atoms with E-state index in [0.717, 1.165) is 25.1 Å². The van der Waals surface area contributed by atoms with Crippen LogP contribution in [0.3, 0.4) is 0 Å². The van der Waals surface area contributed by atoms with E-state index in [1.165, 1.54) is 6.42 Å². The Balaban J connectivity index is 1.69. The van der Waals surface area contributed by atoms with Crippen molar-refractivity contribution in [3.8, 4) is 0 Å². The van der Waals surface area contributed by atoms with E-state index in [1.807, 2.05) is 30.3 Å². The van der Waals surface area contributed by atoms with Gasteiger partial charge in [0.15, 0.2) is 0 Å². The first-order valence-corrected chi connectivity index (χ1v) is 7.41. The molecular weight excluding hydrogens is 252 g/mol. The molecule has 0 aromatic heterocycles. The third-order valence-corrected chi connectivity index (χ3v) is 3.92. The van der Waals surface area contributed by atoms with Crippen LogP contribution in [0.25, 0.3) is 0 Å².